The predicted molar refractivity (Wildman–Crippen MR) is 74.6 cm³/mol. The summed E-state index contributed by atoms with van der Waals surface area (Å²) in [7, 11) is 0. The fourth-order valence-electron chi connectivity index (χ4n) is 1.77. The monoisotopic (exact) mass is 236 g/mol. The minimum absolute atomic E-state index is 0.299. The van der Waals surface area contributed by atoms with Crippen molar-refractivity contribution in [2.75, 3.05) is 0 Å². The first-order chi connectivity index (χ1) is 8.69. The Hall–Kier alpha value is -2.20. The number of benzene rings is 2. The summed E-state index contributed by atoms with van der Waals surface area (Å²) in [6.07, 6.45) is 0.867. The third-order valence-corrected chi connectivity index (χ3v) is 2.86. The molecule has 2 aromatic rings. The van der Waals surface area contributed by atoms with Gasteiger partial charge in [-0.3, -0.25) is 0 Å². The lowest BCUT2D eigenvalue weighted by Crippen LogP contribution is -1.87. The summed E-state index contributed by atoms with van der Waals surface area (Å²) in [5.41, 5.74) is 4.31. The zero-order chi connectivity index (χ0) is 13.0. The van der Waals surface area contributed by atoms with Gasteiger partial charge in [0, 0.05) is 11.1 Å². The number of phenolic OH excluding ortho intramolecular Hbond substituents is 1. The summed E-state index contributed by atoms with van der Waals surface area (Å²) in [5, 5.41) is 9.44. The maximum atomic E-state index is 9.44. The quantitative estimate of drug-likeness (QED) is 0.749. The van der Waals surface area contributed by atoms with Crippen LogP contribution < -0.4 is 0 Å². The van der Waals surface area contributed by atoms with Crippen molar-refractivity contribution in [2.45, 2.75) is 20.3 Å². The van der Waals surface area contributed by atoms with Gasteiger partial charge in [-0.15, -0.1) is 0 Å². The third kappa shape index (κ3) is 2.93. The van der Waals surface area contributed by atoms with E-state index in [0.717, 1.165) is 23.1 Å². The van der Waals surface area contributed by atoms with Gasteiger partial charge in [-0.25, -0.2) is 0 Å². The summed E-state index contributed by atoms with van der Waals surface area (Å²) in [4.78, 5) is 0. The molecule has 0 amide bonds. The minimum atomic E-state index is 0.299. The van der Waals surface area contributed by atoms with Gasteiger partial charge in [-0.05, 0) is 49.2 Å². The number of phenols is 1. The Morgan fingerprint density at radius 1 is 1.00 bits per heavy atom. The van der Waals surface area contributed by atoms with Crippen molar-refractivity contribution in [3.05, 3.63) is 64.7 Å². The van der Waals surface area contributed by atoms with Gasteiger partial charge in [0.05, 0.1) is 0 Å². The molecule has 1 heteroatoms. The van der Waals surface area contributed by atoms with E-state index in [1.165, 1.54) is 5.56 Å². The molecule has 1 N–H and O–H groups in total. The van der Waals surface area contributed by atoms with E-state index in [1.807, 2.05) is 18.2 Å². The molecule has 1 nitrogen and oxygen atoms in total. The lowest BCUT2D eigenvalue weighted by molar-refractivity contribution is 0.474. The largest absolute Gasteiger partial charge is 0.508 e. The topological polar surface area (TPSA) is 20.2 Å². The predicted octanol–water partition coefficient (Wildman–Crippen LogP) is 3.66. The van der Waals surface area contributed by atoms with E-state index in [2.05, 4.69) is 37.8 Å². The van der Waals surface area contributed by atoms with Crippen LogP contribution in [0, 0.1) is 18.8 Å². The molecule has 0 spiro atoms. The Balaban J connectivity index is 2.32. The Kier molecular flexibility index (Phi) is 3.69. The molecule has 0 saturated heterocycles. The standard InChI is InChI=1S/C17H16O/c1-3-15-12-17(18)11-10-16(15)9-8-14-6-4-13(2)5-7-14/h4-7,10-12,18H,3H2,1-2H3. The fourth-order valence-corrected chi connectivity index (χ4v) is 1.77. The highest BCUT2D eigenvalue weighted by Gasteiger charge is 1.98. The molecular weight excluding hydrogens is 220 g/mol. The first-order valence-corrected chi connectivity index (χ1v) is 6.09. The second kappa shape index (κ2) is 5.42. The van der Waals surface area contributed by atoms with Crippen LogP contribution >= 0.6 is 0 Å². The molecule has 2 rings (SSSR count). The molecular formula is C17H16O. The van der Waals surface area contributed by atoms with Gasteiger partial charge in [0.15, 0.2) is 0 Å². The number of rotatable bonds is 1. The molecule has 0 aliphatic rings. The number of aryl methyl sites for hydroxylation is 2. The molecule has 0 radical (unpaired) electrons. The average Bonchev–Trinajstić information content (AvgIpc) is 2.39. The van der Waals surface area contributed by atoms with Gasteiger partial charge in [-0.2, -0.15) is 0 Å². The van der Waals surface area contributed by atoms with Crippen molar-refractivity contribution in [2.24, 2.45) is 0 Å². The zero-order valence-electron chi connectivity index (χ0n) is 10.7. The summed E-state index contributed by atoms with van der Waals surface area (Å²) in [5.74, 6) is 6.62. The summed E-state index contributed by atoms with van der Waals surface area (Å²) in [6, 6.07) is 13.5. The van der Waals surface area contributed by atoms with E-state index in [-0.39, 0.29) is 0 Å². The molecule has 2 aromatic carbocycles. The zero-order valence-corrected chi connectivity index (χ0v) is 10.7. The highest BCUT2D eigenvalue weighted by atomic mass is 16.3. The van der Waals surface area contributed by atoms with E-state index in [9.17, 15) is 5.11 Å². The van der Waals surface area contributed by atoms with Crippen molar-refractivity contribution in [1.29, 1.82) is 0 Å². The molecule has 0 aliphatic carbocycles. The van der Waals surface area contributed by atoms with Crippen LogP contribution in [-0.2, 0) is 6.42 Å². The van der Waals surface area contributed by atoms with E-state index < -0.39 is 0 Å². The summed E-state index contributed by atoms with van der Waals surface area (Å²) in [6.45, 7) is 4.12. The Morgan fingerprint density at radius 3 is 2.39 bits per heavy atom. The molecule has 0 fully saturated rings. The Morgan fingerprint density at radius 2 is 1.72 bits per heavy atom. The van der Waals surface area contributed by atoms with Crippen molar-refractivity contribution < 1.29 is 5.11 Å². The van der Waals surface area contributed by atoms with Crippen LogP contribution in [0.5, 0.6) is 5.75 Å². The van der Waals surface area contributed by atoms with Crippen molar-refractivity contribution in [3.63, 3.8) is 0 Å². The normalized spacial score (nSPS) is 9.67. The number of hydrogen-bond donors (Lipinski definition) is 1. The van der Waals surface area contributed by atoms with Crippen LogP contribution in [0.4, 0.5) is 0 Å². The van der Waals surface area contributed by atoms with Gasteiger partial charge in [0.2, 0.25) is 0 Å². The molecule has 0 unspecified atom stereocenters. The van der Waals surface area contributed by atoms with E-state index >= 15 is 0 Å². The third-order valence-electron chi connectivity index (χ3n) is 2.86. The number of hydrogen-bond acceptors (Lipinski definition) is 1. The van der Waals surface area contributed by atoms with Crippen LogP contribution in [0.2, 0.25) is 0 Å². The SMILES string of the molecule is CCc1cc(O)ccc1C#Cc1ccc(C)cc1. The van der Waals surface area contributed by atoms with Crippen LogP contribution in [0.3, 0.4) is 0 Å². The van der Waals surface area contributed by atoms with Crippen LogP contribution in [-0.4, -0.2) is 5.11 Å². The molecule has 90 valence electrons. The van der Waals surface area contributed by atoms with Gasteiger partial charge < -0.3 is 5.11 Å². The second-order valence-electron chi connectivity index (χ2n) is 4.31. The van der Waals surface area contributed by atoms with Crippen LogP contribution in [0.1, 0.15) is 29.2 Å². The minimum Gasteiger partial charge on any atom is -0.508 e. The van der Waals surface area contributed by atoms with E-state index in [4.69, 9.17) is 0 Å². The average molecular weight is 236 g/mol. The van der Waals surface area contributed by atoms with Crippen molar-refractivity contribution in [1.82, 2.24) is 0 Å². The first-order valence-electron chi connectivity index (χ1n) is 6.09. The van der Waals surface area contributed by atoms with Gasteiger partial charge in [0.1, 0.15) is 5.75 Å². The summed E-state index contributed by atoms with van der Waals surface area (Å²) < 4.78 is 0. The highest BCUT2D eigenvalue weighted by Crippen LogP contribution is 2.16. The van der Waals surface area contributed by atoms with Crippen LogP contribution in [0.15, 0.2) is 42.5 Å². The second-order valence-corrected chi connectivity index (χ2v) is 4.31. The molecule has 18 heavy (non-hydrogen) atoms. The van der Waals surface area contributed by atoms with E-state index in [1.54, 1.807) is 12.1 Å². The van der Waals surface area contributed by atoms with Gasteiger partial charge in [0.25, 0.3) is 0 Å². The molecule has 0 heterocycles. The summed E-state index contributed by atoms with van der Waals surface area (Å²) >= 11 is 0. The first kappa shape index (κ1) is 12.3. The molecule has 0 aromatic heterocycles. The van der Waals surface area contributed by atoms with Crippen molar-refractivity contribution >= 4 is 0 Å². The van der Waals surface area contributed by atoms with Crippen LogP contribution in [0.25, 0.3) is 0 Å². The molecule has 0 bridgehead atoms. The lowest BCUT2D eigenvalue weighted by Gasteiger charge is -2.01. The smallest absolute Gasteiger partial charge is 0.115 e. The Labute approximate surface area is 108 Å². The Bertz CT molecular complexity index is 598. The van der Waals surface area contributed by atoms with Crippen molar-refractivity contribution in [3.8, 4) is 17.6 Å². The maximum absolute atomic E-state index is 9.44. The maximum Gasteiger partial charge on any atom is 0.115 e. The molecule has 0 atom stereocenters. The molecule has 0 saturated carbocycles. The number of aromatic hydroxyl groups is 1. The van der Waals surface area contributed by atoms with Gasteiger partial charge in [-0.1, -0.05) is 36.5 Å². The van der Waals surface area contributed by atoms with Gasteiger partial charge >= 0.3 is 0 Å². The highest BCUT2D eigenvalue weighted by molar-refractivity contribution is 5.48. The molecule has 0 aliphatic heterocycles. The fraction of sp³-hybridized carbons (Fsp3) is 0.176. The van der Waals surface area contributed by atoms with E-state index in [0.29, 0.717) is 5.75 Å². The lowest BCUT2D eigenvalue weighted by atomic mass is 10.0.